The molecule has 2 N–H and O–H groups in total. The fourth-order valence-corrected chi connectivity index (χ4v) is 4.58. The highest BCUT2D eigenvalue weighted by molar-refractivity contribution is 5.80. The van der Waals surface area contributed by atoms with Gasteiger partial charge in [-0.1, -0.05) is 12.8 Å². The van der Waals surface area contributed by atoms with Gasteiger partial charge in [-0.3, -0.25) is 9.69 Å². The predicted octanol–water partition coefficient (Wildman–Crippen LogP) is 2.09. The van der Waals surface area contributed by atoms with Gasteiger partial charge in [-0.2, -0.15) is 0 Å². The molecule has 1 aliphatic heterocycles. The van der Waals surface area contributed by atoms with Crippen LogP contribution in [0.25, 0.3) is 0 Å². The van der Waals surface area contributed by atoms with Crippen LogP contribution >= 0.6 is 0 Å². The van der Waals surface area contributed by atoms with Gasteiger partial charge >= 0.3 is 5.97 Å². The van der Waals surface area contributed by atoms with E-state index in [0.29, 0.717) is 18.5 Å². The zero-order chi connectivity index (χ0) is 14.2. The summed E-state index contributed by atoms with van der Waals surface area (Å²) in [5.41, 5.74) is -0.709. The number of carbonyl (C=O) groups is 1. The lowest BCUT2D eigenvalue weighted by Crippen LogP contribution is -2.62. The molecule has 0 aromatic heterocycles. The number of fused-ring (bicyclic) bond motifs is 1. The largest absolute Gasteiger partial charge is 0.480 e. The van der Waals surface area contributed by atoms with Crippen molar-refractivity contribution in [2.24, 2.45) is 11.8 Å². The van der Waals surface area contributed by atoms with Crippen molar-refractivity contribution in [2.75, 3.05) is 20.1 Å². The summed E-state index contributed by atoms with van der Waals surface area (Å²) in [5.74, 6) is 0.495. The molecule has 2 saturated carbocycles. The first-order chi connectivity index (χ1) is 9.67. The second kappa shape index (κ2) is 5.64. The molecule has 2 aliphatic carbocycles. The Balaban J connectivity index is 1.75. The Labute approximate surface area is 121 Å². The first kappa shape index (κ1) is 14.3. The van der Waals surface area contributed by atoms with E-state index in [4.69, 9.17) is 0 Å². The van der Waals surface area contributed by atoms with Crippen molar-refractivity contribution in [2.45, 2.75) is 62.9 Å². The fourth-order valence-electron chi connectivity index (χ4n) is 4.58. The number of hydrogen-bond donors (Lipinski definition) is 2. The van der Waals surface area contributed by atoms with Crippen LogP contribution in [0.3, 0.4) is 0 Å². The maximum atomic E-state index is 11.9. The van der Waals surface area contributed by atoms with Crippen LogP contribution in [-0.2, 0) is 4.79 Å². The van der Waals surface area contributed by atoms with E-state index < -0.39 is 11.5 Å². The summed E-state index contributed by atoms with van der Waals surface area (Å²) in [4.78, 5) is 14.4. The molecule has 0 spiro atoms. The minimum Gasteiger partial charge on any atom is -0.480 e. The first-order valence-corrected chi connectivity index (χ1v) is 8.34. The third-order valence-corrected chi connectivity index (χ3v) is 5.91. The van der Waals surface area contributed by atoms with Crippen molar-refractivity contribution in [3.8, 4) is 0 Å². The normalized spacial score (nSPS) is 34.2. The average Bonchev–Trinajstić information content (AvgIpc) is 3.29. The van der Waals surface area contributed by atoms with Gasteiger partial charge in [0.1, 0.15) is 5.54 Å². The number of rotatable bonds is 5. The number of likely N-dealkylation sites (N-methyl/N-ethyl adjacent to an activating group) is 1. The monoisotopic (exact) mass is 280 g/mol. The zero-order valence-corrected chi connectivity index (χ0v) is 12.6. The van der Waals surface area contributed by atoms with Gasteiger partial charge in [0.05, 0.1) is 0 Å². The van der Waals surface area contributed by atoms with Crippen molar-refractivity contribution in [3.63, 3.8) is 0 Å². The third kappa shape index (κ3) is 2.48. The Morgan fingerprint density at radius 3 is 2.55 bits per heavy atom. The van der Waals surface area contributed by atoms with Crippen LogP contribution < -0.4 is 5.32 Å². The second-order valence-electron chi connectivity index (χ2n) is 7.03. The molecule has 1 heterocycles. The minimum absolute atomic E-state index is 0.328. The van der Waals surface area contributed by atoms with E-state index in [0.717, 1.165) is 25.3 Å². The molecule has 0 amide bonds. The number of likely N-dealkylation sites (tertiary alicyclic amines) is 1. The van der Waals surface area contributed by atoms with Crippen molar-refractivity contribution in [1.82, 2.24) is 10.2 Å². The van der Waals surface area contributed by atoms with E-state index in [1.807, 2.05) is 7.05 Å². The SMILES string of the molecule is CNC(CN1CCCC2CCCCC21)(C(=O)O)C1CC1. The molecule has 0 aromatic carbocycles. The lowest BCUT2D eigenvalue weighted by Gasteiger charge is -2.47. The highest BCUT2D eigenvalue weighted by Crippen LogP contribution is 2.42. The smallest absolute Gasteiger partial charge is 0.325 e. The molecule has 3 atom stereocenters. The molecule has 4 nitrogen and oxygen atoms in total. The van der Waals surface area contributed by atoms with Crippen LogP contribution in [0.4, 0.5) is 0 Å². The molecule has 0 radical (unpaired) electrons. The number of hydrogen-bond acceptors (Lipinski definition) is 3. The average molecular weight is 280 g/mol. The van der Waals surface area contributed by atoms with Crippen molar-refractivity contribution in [3.05, 3.63) is 0 Å². The van der Waals surface area contributed by atoms with Gasteiger partial charge in [-0.05, 0) is 64.0 Å². The maximum absolute atomic E-state index is 11.9. The number of carboxylic acids is 1. The summed E-state index contributed by atoms with van der Waals surface area (Å²) >= 11 is 0. The Morgan fingerprint density at radius 1 is 1.20 bits per heavy atom. The maximum Gasteiger partial charge on any atom is 0.325 e. The number of piperidine rings is 1. The predicted molar refractivity (Wildman–Crippen MR) is 78.7 cm³/mol. The van der Waals surface area contributed by atoms with Crippen LogP contribution in [0, 0.1) is 11.8 Å². The number of aliphatic carboxylic acids is 1. The van der Waals surface area contributed by atoms with Gasteiger partial charge in [0.15, 0.2) is 0 Å². The molecule has 20 heavy (non-hydrogen) atoms. The van der Waals surface area contributed by atoms with E-state index in [1.165, 1.54) is 38.5 Å². The van der Waals surface area contributed by atoms with Crippen LogP contribution in [0.15, 0.2) is 0 Å². The standard InChI is InChI=1S/C16H28N2O2/c1-17-16(15(19)20,13-8-9-13)11-18-10-4-6-12-5-2-3-7-14(12)18/h12-14,17H,2-11H2,1H3,(H,19,20). The molecule has 114 valence electrons. The summed E-state index contributed by atoms with van der Waals surface area (Å²) < 4.78 is 0. The van der Waals surface area contributed by atoms with Gasteiger partial charge in [0.2, 0.25) is 0 Å². The molecule has 4 heteroatoms. The van der Waals surface area contributed by atoms with Crippen LogP contribution in [0.2, 0.25) is 0 Å². The molecular weight excluding hydrogens is 252 g/mol. The molecule has 0 bridgehead atoms. The summed E-state index contributed by atoms with van der Waals surface area (Å²) in [5, 5.41) is 13.0. The van der Waals surface area contributed by atoms with E-state index in [1.54, 1.807) is 0 Å². The lowest BCUT2D eigenvalue weighted by atomic mass is 9.77. The fraction of sp³-hybridized carbons (Fsp3) is 0.938. The number of nitrogens with one attached hydrogen (secondary N) is 1. The topological polar surface area (TPSA) is 52.6 Å². The minimum atomic E-state index is -0.709. The second-order valence-corrected chi connectivity index (χ2v) is 7.03. The zero-order valence-electron chi connectivity index (χ0n) is 12.6. The van der Waals surface area contributed by atoms with Crippen molar-refractivity contribution >= 4 is 5.97 Å². The van der Waals surface area contributed by atoms with E-state index in [2.05, 4.69) is 10.2 Å². The van der Waals surface area contributed by atoms with E-state index in [-0.39, 0.29) is 0 Å². The van der Waals surface area contributed by atoms with Gasteiger partial charge in [0, 0.05) is 12.6 Å². The Bertz CT molecular complexity index is 367. The van der Waals surface area contributed by atoms with Gasteiger partial charge in [-0.25, -0.2) is 0 Å². The number of carboxylic acid groups (broad SMARTS) is 1. The molecular formula is C16H28N2O2. The van der Waals surface area contributed by atoms with Crippen LogP contribution in [0.1, 0.15) is 51.4 Å². The summed E-state index contributed by atoms with van der Waals surface area (Å²) in [6.45, 7) is 1.79. The molecule has 0 aromatic rings. The summed E-state index contributed by atoms with van der Waals surface area (Å²) in [7, 11) is 1.83. The van der Waals surface area contributed by atoms with Crippen LogP contribution in [0.5, 0.6) is 0 Å². The Morgan fingerprint density at radius 2 is 1.90 bits per heavy atom. The third-order valence-electron chi connectivity index (χ3n) is 5.91. The highest BCUT2D eigenvalue weighted by Gasteiger charge is 2.52. The van der Waals surface area contributed by atoms with Crippen molar-refractivity contribution < 1.29 is 9.90 Å². The number of nitrogens with zero attached hydrogens (tertiary/aromatic N) is 1. The van der Waals surface area contributed by atoms with E-state index in [9.17, 15) is 9.90 Å². The first-order valence-electron chi connectivity index (χ1n) is 8.34. The quantitative estimate of drug-likeness (QED) is 0.810. The highest BCUT2D eigenvalue weighted by atomic mass is 16.4. The Hall–Kier alpha value is -0.610. The van der Waals surface area contributed by atoms with Gasteiger partial charge < -0.3 is 10.4 Å². The van der Waals surface area contributed by atoms with E-state index >= 15 is 0 Å². The van der Waals surface area contributed by atoms with Gasteiger partial charge in [-0.15, -0.1) is 0 Å². The van der Waals surface area contributed by atoms with Crippen molar-refractivity contribution in [1.29, 1.82) is 0 Å². The van der Waals surface area contributed by atoms with Crippen LogP contribution in [-0.4, -0.2) is 47.7 Å². The summed E-state index contributed by atoms with van der Waals surface area (Å²) in [6.07, 6.45) is 10.0. The molecule has 3 rings (SSSR count). The lowest BCUT2D eigenvalue weighted by molar-refractivity contribution is -0.147. The molecule has 3 unspecified atom stereocenters. The summed E-state index contributed by atoms with van der Waals surface area (Å²) in [6, 6.07) is 0.642. The Kier molecular flexibility index (Phi) is 4.04. The molecule has 3 fully saturated rings. The van der Waals surface area contributed by atoms with Gasteiger partial charge in [0.25, 0.3) is 0 Å². The molecule has 1 saturated heterocycles. The molecule has 3 aliphatic rings.